The number of hydrogen-bond donors (Lipinski definition) is 0. The summed E-state index contributed by atoms with van der Waals surface area (Å²) in [6, 6.07) is 1.81. The van der Waals surface area contributed by atoms with Crippen LogP contribution in [0.4, 0.5) is 0 Å². The first-order valence-corrected chi connectivity index (χ1v) is 4.26. The Hall–Kier alpha value is -1.33. The van der Waals surface area contributed by atoms with Crippen LogP contribution < -0.4 is 0 Å². The zero-order valence-corrected chi connectivity index (χ0v) is 7.83. The highest BCUT2D eigenvalue weighted by Gasteiger charge is 2.14. The Kier molecular flexibility index (Phi) is 3.48. The quantitative estimate of drug-likeness (QED) is 0.620. The van der Waals surface area contributed by atoms with Crippen LogP contribution in [0.2, 0.25) is 0 Å². The lowest BCUT2D eigenvalue weighted by Crippen LogP contribution is -2.09. The predicted molar refractivity (Wildman–Crippen MR) is 54.7 cm³/mol. The lowest BCUT2D eigenvalue weighted by atomic mass is 9.99. The van der Waals surface area contributed by atoms with E-state index in [-0.39, 0.29) is 6.04 Å². The second kappa shape index (κ2) is 4.64. The van der Waals surface area contributed by atoms with E-state index in [1.807, 2.05) is 24.3 Å². The summed E-state index contributed by atoms with van der Waals surface area (Å²) in [6.07, 6.45) is 7.79. The molecule has 0 bridgehead atoms. The molecule has 0 radical (unpaired) electrons. The van der Waals surface area contributed by atoms with Crippen molar-refractivity contribution < 1.29 is 0 Å². The summed E-state index contributed by atoms with van der Waals surface area (Å²) in [5.41, 5.74) is 0.885. The molecule has 1 unspecified atom stereocenters. The molecule has 0 N–H and O–H groups in total. The van der Waals surface area contributed by atoms with Crippen LogP contribution in [0, 0.1) is 11.3 Å². The van der Waals surface area contributed by atoms with Crippen LogP contribution in [0.5, 0.6) is 0 Å². The van der Waals surface area contributed by atoms with Crippen molar-refractivity contribution in [3.63, 3.8) is 0 Å². The first kappa shape index (κ1) is 9.76. The molecule has 0 aromatic heterocycles. The summed E-state index contributed by atoms with van der Waals surface area (Å²) < 4.78 is 0. The molecule has 0 aliphatic heterocycles. The van der Waals surface area contributed by atoms with Crippen molar-refractivity contribution in [2.24, 2.45) is 4.99 Å². The number of aliphatic imine (C=N–C) groups is 1. The van der Waals surface area contributed by atoms with Crippen molar-refractivity contribution in [3.8, 4) is 6.07 Å². The smallest absolute Gasteiger partial charge is 0.111 e. The highest BCUT2D eigenvalue weighted by Crippen LogP contribution is 2.24. The number of halogens is 1. The second-order valence-corrected chi connectivity index (χ2v) is 3.07. The molecule has 0 spiro atoms. The first-order valence-electron chi connectivity index (χ1n) is 3.88. The van der Waals surface area contributed by atoms with E-state index in [0.29, 0.717) is 5.03 Å². The van der Waals surface area contributed by atoms with E-state index in [0.717, 1.165) is 12.0 Å². The number of nitriles is 1. The van der Waals surface area contributed by atoms with Crippen LogP contribution in [0.15, 0.2) is 40.4 Å². The maximum Gasteiger partial charge on any atom is 0.111 e. The van der Waals surface area contributed by atoms with Gasteiger partial charge in [0.05, 0.1) is 12.3 Å². The molecule has 66 valence electrons. The van der Waals surface area contributed by atoms with Gasteiger partial charge in [0.2, 0.25) is 0 Å². The Labute approximate surface area is 82.5 Å². The molecule has 3 heteroatoms. The van der Waals surface area contributed by atoms with E-state index in [2.05, 4.69) is 11.6 Å². The normalized spacial score (nSPS) is 21.2. The van der Waals surface area contributed by atoms with Crippen molar-refractivity contribution in [2.45, 2.75) is 12.5 Å². The minimum atomic E-state index is -0.0466. The van der Waals surface area contributed by atoms with Crippen molar-refractivity contribution in [1.82, 2.24) is 0 Å². The lowest BCUT2D eigenvalue weighted by molar-refractivity contribution is 0.797. The number of nitrogens with zero attached hydrogens (tertiary/aromatic N) is 2. The zero-order valence-electron chi connectivity index (χ0n) is 7.07. The van der Waals surface area contributed by atoms with Crippen molar-refractivity contribution in [2.75, 3.05) is 0 Å². The third-order valence-electron chi connectivity index (χ3n) is 1.76. The van der Waals surface area contributed by atoms with Gasteiger partial charge in [-0.25, -0.2) is 0 Å². The van der Waals surface area contributed by atoms with Crippen LogP contribution in [0.3, 0.4) is 0 Å². The second-order valence-electron chi connectivity index (χ2n) is 2.61. The summed E-state index contributed by atoms with van der Waals surface area (Å²) in [5, 5.41) is 8.82. The lowest BCUT2D eigenvalue weighted by Gasteiger charge is -2.15. The third kappa shape index (κ3) is 2.57. The highest BCUT2D eigenvalue weighted by atomic mass is 35.5. The monoisotopic (exact) mass is 192 g/mol. The Morgan fingerprint density at radius 2 is 2.62 bits per heavy atom. The molecule has 13 heavy (non-hydrogen) atoms. The van der Waals surface area contributed by atoms with E-state index in [1.165, 1.54) is 6.21 Å². The van der Waals surface area contributed by atoms with Gasteiger partial charge in [-0.2, -0.15) is 5.26 Å². The van der Waals surface area contributed by atoms with Gasteiger partial charge in [-0.1, -0.05) is 36.4 Å². The molecule has 1 aliphatic rings. The van der Waals surface area contributed by atoms with E-state index in [4.69, 9.17) is 16.9 Å². The van der Waals surface area contributed by atoms with E-state index < -0.39 is 0 Å². The average molecular weight is 193 g/mol. The van der Waals surface area contributed by atoms with Gasteiger partial charge in [-0.05, 0) is 12.0 Å². The van der Waals surface area contributed by atoms with Crippen LogP contribution >= 0.6 is 11.6 Å². The van der Waals surface area contributed by atoms with E-state index in [9.17, 15) is 0 Å². The van der Waals surface area contributed by atoms with Gasteiger partial charge in [-0.15, -0.1) is 0 Å². The fourth-order valence-corrected chi connectivity index (χ4v) is 1.34. The molecule has 0 saturated heterocycles. The van der Waals surface area contributed by atoms with Crippen LogP contribution in [0.25, 0.3) is 0 Å². The topological polar surface area (TPSA) is 36.1 Å². The van der Waals surface area contributed by atoms with Gasteiger partial charge < -0.3 is 0 Å². The highest BCUT2D eigenvalue weighted by molar-refractivity contribution is 6.31. The fraction of sp³-hybridized carbons (Fsp3) is 0.200. The SMILES string of the molecule is C=C(Cl)C1=CC=CCC1/N=C/C#N. The molecule has 0 aromatic rings. The molecule has 0 amide bonds. The predicted octanol–water partition coefficient (Wildman–Crippen LogP) is 2.59. The van der Waals surface area contributed by atoms with Crippen molar-refractivity contribution >= 4 is 17.8 Å². The summed E-state index contributed by atoms with van der Waals surface area (Å²) >= 11 is 5.78. The number of hydrogen-bond acceptors (Lipinski definition) is 2. The van der Waals surface area contributed by atoms with Gasteiger partial charge in [-0.3, -0.25) is 4.99 Å². The first-order chi connectivity index (χ1) is 6.25. The van der Waals surface area contributed by atoms with E-state index >= 15 is 0 Å². The average Bonchev–Trinajstić information content (AvgIpc) is 2.15. The standard InChI is InChI=1S/C10H9ClN2/c1-8(11)9-4-2-3-5-10(9)13-7-6-12/h2-4,7,10H,1,5H2/b13-7+. The summed E-state index contributed by atoms with van der Waals surface area (Å²) in [6.45, 7) is 3.64. The minimum absolute atomic E-state index is 0.0466. The van der Waals surface area contributed by atoms with Crippen LogP contribution in [-0.4, -0.2) is 12.3 Å². The molecule has 0 aromatic carbocycles. The Morgan fingerprint density at radius 3 is 3.23 bits per heavy atom. The molecule has 1 atom stereocenters. The largest absolute Gasteiger partial charge is 0.274 e. The van der Waals surface area contributed by atoms with Gasteiger partial charge >= 0.3 is 0 Å². The van der Waals surface area contributed by atoms with Crippen LogP contribution in [-0.2, 0) is 0 Å². The number of allylic oxidation sites excluding steroid dienone is 2. The molecular weight excluding hydrogens is 184 g/mol. The summed E-state index contributed by atoms with van der Waals surface area (Å²) in [7, 11) is 0. The van der Waals surface area contributed by atoms with Gasteiger partial charge in [0, 0.05) is 5.03 Å². The van der Waals surface area contributed by atoms with Crippen LogP contribution in [0.1, 0.15) is 6.42 Å². The van der Waals surface area contributed by atoms with Gasteiger partial charge in [0.1, 0.15) is 6.07 Å². The minimum Gasteiger partial charge on any atom is -0.274 e. The molecular formula is C10H9ClN2. The number of rotatable bonds is 2. The van der Waals surface area contributed by atoms with Gasteiger partial charge in [0.25, 0.3) is 0 Å². The van der Waals surface area contributed by atoms with Gasteiger partial charge in [0.15, 0.2) is 0 Å². The summed E-state index contributed by atoms with van der Waals surface area (Å²) in [4.78, 5) is 4.05. The third-order valence-corrected chi connectivity index (χ3v) is 1.97. The Morgan fingerprint density at radius 1 is 1.85 bits per heavy atom. The molecule has 2 nitrogen and oxygen atoms in total. The maximum atomic E-state index is 8.33. The zero-order chi connectivity index (χ0) is 9.68. The fourth-order valence-electron chi connectivity index (χ4n) is 1.15. The summed E-state index contributed by atoms with van der Waals surface area (Å²) in [5.74, 6) is 0. The van der Waals surface area contributed by atoms with Crippen molar-refractivity contribution in [3.05, 3.63) is 35.4 Å². The Bertz CT molecular complexity index is 331. The molecule has 1 aliphatic carbocycles. The van der Waals surface area contributed by atoms with E-state index in [1.54, 1.807) is 0 Å². The van der Waals surface area contributed by atoms with Crippen molar-refractivity contribution in [1.29, 1.82) is 5.26 Å². The maximum absolute atomic E-state index is 8.33. The molecule has 0 saturated carbocycles. The molecule has 0 heterocycles. The molecule has 1 rings (SSSR count). The molecule has 0 fully saturated rings. The Balaban J connectivity index is 2.82.